The van der Waals surface area contributed by atoms with Crippen LogP contribution >= 0.6 is 23.2 Å². The zero-order valence-corrected chi connectivity index (χ0v) is 24.0. The highest BCUT2D eigenvalue weighted by atomic mass is 35.5. The molecule has 5 rings (SSSR count). The van der Waals surface area contributed by atoms with Crippen LogP contribution in [0.2, 0.25) is 10.0 Å². The lowest BCUT2D eigenvalue weighted by molar-refractivity contribution is -0.121. The Balaban J connectivity index is 1.24. The highest BCUT2D eigenvalue weighted by Crippen LogP contribution is 2.37. The van der Waals surface area contributed by atoms with Gasteiger partial charge in [0.2, 0.25) is 11.8 Å². The summed E-state index contributed by atoms with van der Waals surface area (Å²) in [7, 11) is -4.24. The van der Waals surface area contributed by atoms with E-state index in [2.05, 4.69) is 27.0 Å². The summed E-state index contributed by atoms with van der Waals surface area (Å²) in [4.78, 5) is 30.3. The number of pyridine rings is 1. The zero-order valence-electron chi connectivity index (χ0n) is 21.6. The number of aromatic nitrogens is 1. The smallest absolute Gasteiger partial charge is 0.265 e. The topological polar surface area (TPSA) is 120 Å². The average Bonchev–Trinajstić information content (AvgIpc) is 2.95. The molecule has 2 amide bonds. The van der Waals surface area contributed by atoms with Crippen LogP contribution in [0, 0.1) is 0 Å². The van der Waals surface area contributed by atoms with Crippen molar-refractivity contribution in [3.63, 3.8) is 0 Å². The summed E-state index contributed by atoms with van der Waals surface area (Å²) in [6, 6.07) is 13.5. The molecule has 1 aromatic heterocycles. The number of halogens is 2. The Kier molecular flexibility index (Phi) is 8.48. The molecule has 2 aliphatic heterocycles. The molecule has 0 radical (unpaired) electrons. The van der Waals surface area contributed by atoms with Crippen molar-refractivity contribution in [3.05, 3.63) is 75.9 Å². The van der Waals surface area contributed by atoms with Gasteiger partial charge in [0.25, 0.3) is 10.0 Å². The number of carbonyl (C=O) groups is 2. The number of rotatable bonds is 9. The molecule has 3 aromatic rings. The number of benzene rings is 2. The van der Waals surface area contributed by atoms with Crippen molar-refractivity contribution >= 4 is 62.2 Å². The van der Waals surface area contributed by atoms with E-state index in [9.17, 15) is 18.0 Å². The molecule has 0 spiro atoms. The first kappa shape index (κ1) is 28.2. The van der Waals surface area contributed by atoms with Crippen LogP contribution in [0.3, 0.4) is 0 Å². The molecule has 1 atom stereocenters. The molecular formula is C28H29Cl2N5O4S. The van der Waals surface area contributed by atoms with E-state index in [1.807, 2.05) is 6.07 Å². The summed E-state index contributed by atoms with van der Waals surface area (Å²) in [6.45, 7) is 0.734. The normalized spacial score (nSPS) is 16.4. The number of unbranched alkanes of at least 4 members (excludes halogenated alkanes) is 1. The second-order valence-electron chi connectivity index (χ2n) is 9.75. The molecule has 0 unspecified atom stereocenters. The Morgan fingerprint density at radius 3 is 2.73 bits per heavy atom. The number of nitrogens with one attached hydrogen (secondary N) is 3. The maximum Gasteiger partial charge on any atom is 0.265 e. The molecule has 3 N–H and O–H groups in total. The number of para-hydroxylation sites is 2. The number of fused-ring (bicyclic) bond motifs is 2. The van der Waals surface area contributed by atoms with Gasteiger partial charge in [-0.3, -0.25) is 9.59 Å². The first-order valence-corrected chi connectivity index (χ1v) is 15.3. The fourth-order valence-corrected chi connectivity index (χ4v) is 6.90. The Bertz CT molecular complexity index is 1550. The van der Waals surface area contributed by atoms with Crippen LogP contribution in [0.25, 0.3) is 0 Å². The average molecular weight is 603 g/mol. The number of carbonyl (C=O) groups excluding carboxylic acids is 2. The van der Waals surface area contributed by atoms with Gasteiger partial charge in [0.15, 0.2) is 0 Å². The van der Waals surface area contributed by atoms with Gasteiger partial charge in [-0.2, -0.15) is 0 Å². The lowest BCUT2D eigenvalue weighted by atomic mass is 10.1. The Morgan fingerprint density at radius 2 is 1.90 bits per heavy atom. The van der Waals surface area contributed by atoms with Gasteiger partial charge in [-0.15, -0.1) is 0 Å². The number of anilines is 3. The monoisotopic (exact) mass is 601 g/mol. The van der Waals surface area contributed by atoms with Crippen LogP contribution in [-0.4, -0.2) is 44.3 Å². The quantitative estimate of drug-likeness (QED) is 0.303. The highest BCUT2D eigenvalue weighted by Gasteiger charge is 2.41. The number of aryl methyl sites for hydroxylation is 2. The molecule has 210 valence electrons. The van der Waals surface area contributed by atoms with Crippen molar-refractivity contribution in [2.24, 2.45) is 0 Å². The molecule has 12 heteroatoms. The Hall–Kier alpha value is -3.34. The van der Waals surface area contributed by atoms with Crippen LogP contribution in [0.4, 0.5) is 17.2 Å². The van der Waals surface area contributed by atoms with Crippen molar-refractivity contribution in [2.75, 3.05) is 28.0 Å². The van der Waals surface area contributed by atoms with Gasteiger partial charge in [0.1, 0.15) is 11.9 Å². The van der Waals surface area contributed by atoms with Crippen molar-refractivity contribution in [1.82, 2.24) is 10.3 Å². The fourth-order valence-electron chi connectivity index (χ4n) is 4.88. The molecule has 3 heterocycles. The number of hydrogen-bond donors (Lipinski definition) is 3. The molecule has 9 nitrogen and oxygen atoms in total. The number of sulfonamides is 1. The number of hydrogen-bond acceptors (Lipinski definition) is 6. The van der Waals surface area contributed by atoms with Gasteiger partial charge in [0, 0.05) is 25.2 Å². The third-order valence-corrected chi connectivity index (χ3v) is 9.52. The van der Waals surface area contributed by atoms with Gasteiger partial charge < -0.3 is 16.0 Å². The molecule has 0 saturated heterocycles. The van der Waals surface area contributed by atoms with E-state index in [4.69, 9.17) is 23.2 Å². The van der Waals surface area contributed by atoms with Crippen molar-refractivity contribution in [3.8, 4) is 0 Å². The highest BCUT2D eigenvalue weighted by molar-refractivity contribution is 7.93. The van der Waals surface area contributed by atoms with E-state index >= 15 is 0 Å². The van der Waals surface area contributed by atoms with Crippen LogP contribution in [0.1, 0.15) is 36.9 Å². The van der Waals surface area contributed by atoms with Crippen LogP contribution < -0.4 is 20.3 Å². The van der Waals surface area contributed by atoms with Gasteiger partial charge >= 0.3 is 0 Å². The summed E-state index contributed by atoms with van der Waals surface area (Å²) in [5.74, 6) is 0.141. The van der Waals surface area contributed by atoms with Crippen LogP contribution in [-0.2, 0) is 32.5 Å². The summed E-state index contributed by atoms with van der Waals surface area (Å²) in [5, 5.41) is 9.11. The fraction of sp³-hybridized carbons (Fsp3) is 0.321. The van der Waals surface area contributed by atoms with E-state index in [0.717, 1.165) is 48.0 Å². The van der Waals surface area contributed by atoms with Crippen molar-refractivity contribution in [2.45, 2.75) is 49.5 Å². The molecule has 40 heavy (non-hydrogen) atoms. The second kappa shape index (κ2) is 12.0. The van der Waals surface area contributed by atoms with E-state index in [1.165, 1.54) is 23.8 Å². The van der Waals surface area contributed by atoms with E-state index < -0.39 is 22.0 Å². The summed E-state index contributed by atoms with van der Waals surface area (Å²) >= 11 is 12.1. The predicted octanol–water partition coefficient (Wildman–Crippen LogP) is 4.79. The molecule has 0 fully saturated rings. The van der Waals surface area contributed by atoms with Gasteiger partial charge in [-0.05, 0) is 74.1 Å². The van der Waals surface area contributed by atoms with Gasteiger partial charge in [-0.1, -0.05) is 41.4 Å². The molecule has 0 bridgehead atoms. The Morgan fingerprint density at radius 1 is 1.07 bits per heavy atom. The molecular weight excluding hydrogens is 573 g/mol. The molecule has 2 aliphatic rings. The SMILES string of the molecule is O=C(CCCCc1ccc2c(n1)NCCC2)NC[C@@H]1C(=O)Nc2ccccc2N1S(=O)(=O)c1ccc(Cl)c(Cl)c1. The Labute approximate surface area is 243 Å². The molecule has 0 aliphatic carbocycles. The van der Waals surface area contributed by atoms with E-state index in [0.29, 0.717) is 17.8 Å². The van der Waals surface area contributed by atoms with E-state index in [1.54, 1.807) is 24.3 Å². The minimum atomic E-state index is -4.24. The maximum absolute atomic E-state index is 13.8. The summed E-state index contributed by atoms with van der Waals surface area (Å²) in [5.41, 5.74) is 2.86. The van der Waals surface area contributed by atoms with Crippen LogP contribution in [0.5, 0.6) is 0 Å². The van der Waals surface area contributed by atoms with Crippen molar-refractivity contribution < 1.29 is 18.0 Å². The summed E-state index contributed by atoms with van der Waals surface area (Å²) < 4.78 is 28.6. The number of amides is 2. The van der Waals surface area contributed by atoms with Crippen LogP contribution in [0.15, 0.2) is 59.5 Å². The third kappa shape index (κ3) is 6.04. The maximum atomic E-state index is 13.8. The second-order valence-corrected chi connectivity index (χ2v) is 12.4. The third-order valence-electron chi connectivity index (χ3n) is 6.96. The minimum absolute atomic E-state index is 0.0733. The predicted molar refractivity (Wildman–Crippen MR) is 157 cm³/mol. The standard InChI is InChI=1S/C28H29Cl2N5O4S/c29-21-14-13-20(16-22(21)30)40(38,39)35-24-9-3-2-8-23(24)34-28(37)25(35)17-32-26(36)10-4-1-7-19-12-11-18-6-5-15-31-27(18)33-19/h2-3,8-9,11-14,16,25H,1,4-7,10,15,17H2,(H,31,33)(H,32,36)(H,34,37)/t25-/m1/s1. The molecule has 2 aromatic carbocycles. The van der Waals surface area contributed by atoms with Crippen molar-refractivity contribution in [1.29, 1.82) is 0 Å². The first-order valence-electron chi connectivity index (χ1n) is 13.1. The minimum Gasteiger partial charge on any atom is -0.370 e. The van der Waals surface area contributed by atoms with Gasteiger partial charge in [0.05, 0.1) is 26.3 Å². The first-order chi connectivity index (χ1) is 19.2. The lowest BCUT2D eigenvalue weighted by Gasteiger charge is -2.37. The molecule has 0 saturated carbocycles. The van der Waals surface area contributed by atoms with Gasteiger partial charge in [-0.25, -0.2) is 17.7 Å². The zero-order chi connectivity index (χ0) is 28.3. The summed E-state index contributed by atoms with van der Waals surface area (Å²) in [6.07, 6.45) is 4.54. The number of nitrogens with zero attached hydrogens (tertiary/aromatic N) is 2. The lowest BCUT2D eigenvalue weighted by Crippen LogP contribution is -2.55. The van der Waals surface area contributed by atoms with E-state index in [-0.39, 0.29) is 33.8 Å². The largest absolute Gasteiger partial charge is 0.370 e.